The Hall–Kier alpha value is -6.05. The summed E-state index contributed by atoms with van der Waals surface area (Å²) in [5, 5.41) is 31.0. The van der Waals surface area contributed by atoms with E-state index in [1.807, 2.05) is 0 Å². The summed E-state index contributed by atoms with van der Waals surface area (Å²) in [4.78, 5) is 40.6. The Kier molecular flexibility index (Phi) is 7.53. The molecule has 0 aliphatic heterocycles. The van der Waals surface area contributed by atoms with E-state index >= 15 is 0 Å². The van der Waals surface area contributed by atoms with Gasteiger partial charge in [0.15, 0.2) is 46.4 Å². The van der Waals surface area contributed by atoms with Crippen LogP contribution >= 0.6 is 0 Å². The van der Waals surface area contributed by atoms with Crippen molar-refractivity contribution in [3.05, 3.63) is 129 Å². The molecule has 6 aromatic rings. The Bertz CT molecular complexity index is 2240. The monoisotopic (exact) mass is 666 g/mol. The van der Waals surface area contributed by atoms with Crippen LogP contribution in [0.4, 0.5) is 26.3 Å². The summed E-state index contributed by atoms with van der Waals surface area (Å²) in [6, 6.07) is 7.65. The van der Waals surface area contributed by atoms with Gasteiger partial charge in [0.25, 0.3) is 11.8 Å². The number of aliphatic carboxylic acids is 1. The molecule has 2 aromatic heterocycles. The molecule has 244 valence electrons. The highest BCUT2D eigenvalue weighted by Gasteiger charge is 2.36. The highest BCUT2D eigenvalue weighted by atomic mass is 19.2. The number of phenolic OH excluding ortho intramolecular Hbond substituents is 2. The number of nitrogens with zero attached hydrogens (tertiary/aromatic N) is 2. The summed E-state index contributed by atoms with van der Waals surface area (Å²) in [5.41, 5.74) is -2.10. The van der Waals surface area contributed by atoms with Crippen molar-refractivity contribution in [3.8, 4) is 11.5 Å². The summed E-state index contributed by atoms with van der Waals surface area (Å²) in [6.45, 7) is 2.55. The summed E-state index contributed by atoms with van der Waals surface area (Å²) in [6.07, 6.45) is 0. The molecule has 6 rings (SSSR count). The molecular weight excluding hydrogens is 646 g/mol. The van der Waals surface area contributed by atoms with Gasteiger partial charge in [0.05, 0.1) is 11.0 Å². The maximum absolute atomic E-state index is 14.7. The summed E-state index contributed by atoms with van der Waals surface area (Å²) in [5.74, 6) is -15.1. The number of carbonyl (C=O) groups excluding carboxylic acids is 2. The number of fused-ring (bicyclic) bond motifs is 2. The molecule has 0 fully saturated rings. The molecule has 0 aliphatic carbocycles. The number of phenols is 2. The second-order valence-corrected chi connectivity index (χ2v) is 10.9. The van der Waals surface area contributed by atoms with E-state index in [9.17, 15) is 56.0 Å². The van der Waals surface area contributed by atoms with E-state index in [1.165, 1.54) is 13.8 Å². The standard InChI is InChI=1S/C34H20F6N2O6/c1-13-29(17-9-27(43)23(39)11-25(17)41(13)32(45)15-3-5-19(35)21(37)7-15)31(34(47)48)30-14(2)42(26-12-24(40)28(44)10-18(26)30)33(46)16-4-6-20(36)22(38)8-16/h3-12,31,43-44H,1-2H3,(H,47,48). The smallest absolute Gasteiger partial charge is 0.315 e. The molecule has 14 heteroatoms. The molecule has 3 N–H and O–H groups in total. The van der Waals surface area contributed by atoms with Crippen molar-refractivity contribution in [2.45, 2.75) is 19.8 Å². The van der Waals surface area contributed by atoms with Gasteiger partial charge in [0, 0.05) is 45.4 Å². The van der Waals surface area contributed by atoms with E-state index in [2.05, 4.69) is 0 Å². The molecule has 0 atom stereocenters. The van der Waals surface area contributed by atoms with E-state index in [-0.39, 0.29) is 44.3 Å². The second kappa shape index (κ2) is 11.3. The van der Waals surface area contributed by atoms with E-state index in [1.54, 1.807) is 0 Å². The van der Waals surface area contributed by atoms with Crippen molar-refractivity contribution in [2.24, 2.45) is 0 Å². The number of aromatic nitrogens is 2. The highest BCUT2D eigenvalue weighted by Crippen LogP contribution is 2.44. The number of halogens is 6. The Morgan fingerprint density at radius 2 is 0.938 bits per heavy atom. The zero-order chi connectivity index (χ0) is 34.9. The quantitative estimate of drug-likeness (QED) is 0.170. The first-order valence-corrected chi connectivity index (χ1v) is 13.9. The van der Waals surface area contributed by atoms with Crippen molar-refractivity contribution in [2.75, 3.05) is 0 Å². The number of carboxylic acids is 1. The lowest BCUT2D eigenvalue weighted by Crippen LogP contribution is -2.19. The van der Waals surface area contributed by atoms with Crippen molar-refractivity contribution >= 4 is 39.6 Å². The lowest BCUT2D eigenvalue weighted by molar-refractivity contribution is -0.137. The molecule has 0 saturated heterocycles. The maximum atomic E-state index is 14.7. The minimum atomic E-state index is -1.89. The van der Waals surface area contributed by atoms with Gasteiger partial charge in [0.2, 0.25) is 0 Å². The third-order valence-corrected chi connectivity index (χ3v) is 8.21. The molecule has 0 radical (unpaired) electrons. The fourth-order valence-corrected chi connectivity index (χ4v) is 6.06. The largest absolute Gasteiger partial charge is 0.505 e. The third-order valence-electron chi connectivity index (χ3n) is 8.21. The molecule has 2 heterocycles. The molecule has 0 saturated carbocycles. The summed E-state index contributed by atoms with van der Waals surface area (Å²) < 4.78 is 86.7. The van der Waals surface area contributed by atoms with E-state index in [0.29, 0.717) is 24.3 Å². The van der Waals surface area contributed by atoms with Crippen LogP contribution in [0.3, 0.4) is 0 Å². The van der Waals surface area contributed by atoms with Crippen LogP contribution in [0.5, 0.6) is 11.5 Å². The van der Waals surface area contributed by atoms with Crippen LogP contribution in [0.2, 0.25) is 0 Å². The van der Waals surface area contributed by atoms with Gasteiger partial charge in [-0.15, -0.1) is 0 Å². The van der Waals surface area contributed by atoms with Gasteiger partial charge in [0.1, 0.15) is 5.92 Å². The van der Waals surface area contributed by atoms with Gasteiger partial charge in [-0.3, -0.25) is 23.5 Å². The Balaban J connectivity index is 1.68. The summed E-state index contributed by atoms with van der Waals surface area (Å²) >= 11 is 0. The van der Waals surface area contributed by atoms with Crippen LogP contribution in [-0.4, -0.2) is 42.2 Å². The van der Waals surface area contributed by atoms with Crippen LogP contribution in [0.15, 0.2) is 60.7 Å². The lowest BCUT2D eigenvalue weighted by Gasteiger charge is -2.16. The van der Waals surface area contributed by atoms with Gasteiger partial charge in [-0.05, 0) is 73.5 Å². The maximum Gasteiger partial charge on any atom is 0.315 e. The zero-order valence-corrected chi connectivity index (χ0v) is 24.6. The van der Waals surface area contributed by atoms with Gasteiger partial charge in [-0.1, -0.05) is 0 Å². The van der Waals surface area contributed by atoms with Crippen LogP contribution in [0.25, 0.3) is 21.8 Å². The first-order valence-electron chi connectivity index (χ1n) is 13.9. The van der Waals surface area contributed by atoms with Crippen LogP contribution in [-0.2, 0) is 4.79 Å². The van der Waals surface area contributed by atoms with E-state index in [4.69, 9.17) is 0 Å². The van der Waals surface area contributed by atoms with Crippen LogP contribution < -0.4 is 0 Å². The molecule has 0 spiro atoms. The van der Waals surface area contributed by atoms with Gasteiger partial charge in [-0.2, -0.15) is 0 Å². The number of carbonyl (C=O) groups is 3. The Morgan fingerprint density at radius 1 is 0.562 bits per heavy atom. The summed E-state index contributed by atoms with van der Waals surface area (Å²) in [7, 11) is 0. The molecular formula is C34H20F6N2O6. The van der Waals surface area contributed by atoms with Gasteiger partial charge < -0.3 is 15.3 Å². The molecule has 48 heavy (non-hydrogen) atoms. The van der Waals surface area contributed by atoms with E-state index in [0.717, 1.165) is 45.5 Å². The number of hydrogen-bond donors (Lipinski definition) is 3. The predicted molar refractivity (Wildman–Crippen MR) is 158 cm³/mol. The Labute approximate surface area is 265 Å². The van der Waals surface area contributed by atoms with Crippen molar-refractivity contribution in [1.82, 2.24) is 9.13 Å². The minimum Gasteiger partial charge on any atom is -0.505 e. The minimum absolute atomic E-state index is 0.157. The van der Waals surface area contributed by atoms with Crippen molar-refractivity contribution in [3.63, 3.8) is 0 Å². The lowest BCUT2D eigenvalue weighted by atomic mass is 9.87. The van der Waals surface area contributed by atoms with E-state index < -0.39 is 81.2 Å². The molecule has 0 bridgehead atoms. The molecule has 0 amide bonds. The number of hydrogen-bond acceptors (Lipinski definition) is 5. The van der Waals surface area contributed by atoms with Gasteiger partial charge >= 0.3 is 5.97 Å². The predicted octanol–water partition coefficient (Wildman–Crippen LogP) is 7.05. The normalized spacial score (nSPS) is 11.6. The van der Waals surface area contributed by atoms with Crippen molar-refractivity contribution in [1.29, 1.82) is 0 Å². The fraction of sp³-hybridized carbons (Fsp3) is 0.0882. The Morgan fingerprint density at radius 3 is 1.27 bits per heavy atom. The number of carboxylic acid groups (broad SMARTS) is 1. The molecule has 8 nitrogen and oxygen atoms in total. The topological polar surface area (TPSA) is 122 Å². The number of aromatic hydroxyl groups is 2. The van der Waals surface area contributed by atoms with Crippen LogP contribution in [0, 0.1) is 48.8 Å². The van der Waals surface area contributed by atoms with Crippen molar-refractivity contribution < 1.29 is 56.0 Å². The zero-order valence-electron chi connectivity index (χ0n) is 24.6. The first-order chi connectivity index (χ1) is 22.6. The molecule has 0 unspecified atom stereocenters. The molecule has 0 aliphatic rings. The third kappa shape index (κ3) is 4.84. The molecule has 4 aromatic carbocycles. The number of rotatable bonds is 5. The SMILES string of the molecule is Cc1c(C(C(=O)O)c2c(C)n(C(=O)c3ccc(F)c(F)c3)c3cc(F)c(O)cc23)c2cc(O)c(F)cc2n1C(=O)c1ccc(F)c(F)c1. The first kappa shape index (κ1) is 31.9. The van der Waals surface area contributed by atoms with Gasteiger partial charge in [-0.25, -0.2) is 26.3 Å². The van der Waals surface area contributed by atoms with Crippen LogP contribution in [0.1, 0.15) is 49.1 Å². The average molecular weight is 667 g/mol. The number of benzene rings is 4. The fourth-order valence-electron chi connectivity index (χ4n) is 6.06. The average Bonchev–Trinajstić information content (AvgIpc) is 3.45. The highest BCUT2D eigenvalue weighted by molar-refractivity contribution is 6.08. The second-order valence-electron chi connectivity index (χ2n) is 10.9.